The number of aryl methyl sites for hydroxylation is 1. The maximum absolute atomic E-state index is 14.8. The molecule has 0 aliphatic carbocycles. The topological polar surface area (TPSA) is 66.8 Å². The molecule has 1 atom stereocenters. The van der Waals surface area contributed by atoms with Crippen LogP contribution < -0.4 is 10.3 Å². The van der Waals surface area contributed by atoms with Crippen molar-refractivity contribution in [1.29, 1.82) is 0 Å². The van der Waals surface area contributed by atoms with Crippen LogP contribution in [0.3, 0.4) is 0 Å². The van der Waals surface area contributed by atoms with Crippen molar-refractivity contribution in [3.8, 4) is 0 Å². The number of hydrazone groups is 1. The van der Waals surface area contributed by atoms with Crippen molar-refractivity contribution in [1.82, 2.24) is 10.3 Å². The fourth-order valence-electron chi connectivity index (χ4n) is 3.36. The molecule has 1 amide bonds. The van der Waals surface area contributed by atoms with Crippen LogP contribution in [-0.4, -0.2) is 36.9 Å². The van der Waals surface area contributed by atoms with Gasteiger partial charge in [0.2, 0.25) is 0 Å². The molecule has 1 aromatic heterocycles. The molecule has 0 saturated heterocycles. The summed E-state index contributed by atoms with van der Waals surface area (Å²) in [7, 11) is 1.66. The molecular formula is C24H29FN4O2. The van der Waals surface area contributed by atoms with Crippen molar-refractivity contribution in [2.75, 3.05) is 18.7 Å². The minimum Gasteiger partial charge on any atom is -0.385 e. The van der Waals surface area contributed by atoms with Crippen LogP contribution in [-0.2, 0) is 11.2 Å². The summed E-state index contributed by atoms with van der Waals surface area (Å²) in [5.74, 6) is -0.530. The maximum Gasteiger partial charge on any atom is 0.270 e. The Labute approximate surface area is 182 Å². The Morgan fingerprint density at radius 3 is 2.87 bits per heavy atom. The summed E-state index contributed by atoms with van der Waals surface area (Å²) in [6.07, 6.45) is 10.1. The van der Waals surface area contributed by atoms with E-state index >= 15 is 0 Å². The van der Waals surface area contributed by atoms with Gasteiger partial charge in [-0.25, -0.2) is 9.40 Å². The second-order valence-electron chi connectivity index (χ2n) is 7.72. The molecule has 0 unspecified atom stereocenters. The summed E-state index contributed by atoms with van der Waals surface area (Å²) >= 11 is 0. The van der Waals surface area contributed by atoms with E-state index < -0.39 is 0 Å². The van der Waals surface area contributed by atoms with Crippen LogP contribution in [0.2, 0.25) is 0 Å². The first-order valence-corrected chi connectivity index (χ1v) is 10.5. The Bertz CT molecular complexity index is 962. The molecule has 0 saturated carbocycles. The van der Waals surface area contributed by atoms with E-state index in [9.17, 15) is 9.18 Å². The SMILES string of the molecule is COCCC[C@H](C)NC(=O)c1cc(Cc2ccc(N3C=CCC=N3)cc2F)c(C)cn1. The number of nitrogens with zero attached hydrogens (tertiary/aromatic N) is 3. The highest BCUT2D eigenvalue weighted by atomic mass is 19.1. The van der Waals surface area contributed by atoms with E-state index in [1.807, 2.05) is 32.2 Å². The van der Waals surface area contributed by atoms with E-state index in [0.29, 0.717) is 30.0 Å². The van der Waals surface area contributed by atoms with Crippen LogP contribution >= 0.6 is 0 Å². The Morgan fingerprint density at radius 1 is 1.32 bits per heavy atom. The number of rotatable bonds is 9. The van der Waals surface area contributed by atoms with Crippen LogP contribution in [0.25, 0.3) is 0 Å². The fraction of sp³-hybridized carbons (Fsp3) is 0.375. The molecule has 1 aliphatic heterocycles. The van der Waals surface area contributed by atoms with Crippen molar-refractivity contribution in [3.63, 3.8) is 0 Å². The number of hydrogen-bond donors (Lipinski definition) is 1. The first kappa shape index (κ1) is 22.6. The standard InChI is InChI=1S/C24H29FN4O2/c1-17-16-26-23(24(30)28-18(2)7-6-12-31-3)14-20(17)13-19-8-9-21(15-22(19)25)29-11-5-4-10-27-29/h5,8-11,14-16,18H,4,6-7,12-13H2,1-3H3,(H,28,30)/t18-/m0/s1. The van der Waals surface area contributed by atoms with E-state index in [4.69, 9.17) is 4.74 Å². The van der Waals surface area contributed by atoms with Gasteiger partial charge in [-0.1, -0.05) is 12.1 Å². The highest BCUT2D eigenvalue weighted by molar-refractivity contribution is 5.92. The number of nitrogens with one attached hydrogen (secondary N) is 1. The normalized spacial score (nSPS) is 14.0. The number of pyridine rings is 1. The van der Waals surface area contributed by atoms with E-state index in [1.165, 1.54) is 6.07 Å². The number of anilines is 1. The number of carbonyl (C=O) groups excluding carboxylic acids is 1. The van der Waals surface area contributed by atoms with Crippen molar-refractivity contribution in [2.24, 2.45) is 5.10 Å². The lowest BCUT2D eigenvalue weighted by molar-refractivity contribution is 0.0930. The van der Waals surface area contributed by atoms with Gasteiger partial charge in [-0.05, 0) is 61.6 Å². The average Bonchev–Trinajstić information content (AvgIpc) is 2.77. The Kier molecular flexibility index (Phi) is 7.89. The highest BCUT2D eigenvalue weighted by Gasteiger charge is 2.15. The lowest BCUT2D eigenvalue weighted by atomic mass is 10.0. The van der Waals surface area contributed by atoms with Crippen molar-refractivity contribution in [2.45, 2.75) is 45.6 Å². The predicted octanol–water partition coefficient (Wildman–Crippen LogP) is 4.37. The summed E-state index contributed by atoms with van der Waals surface area (Å²) in [5, 5.41) is 8.85. The minimum atomic E-state index is -0.305. The van der Waals surface area contributed by atoms with Gasteiger partial charge in [-0.3, -0.25) is 9.78 Å². The van der Waals surface area contributed by atoms with Crippen molar-refractivity contribution < 1.29 is 13.9 Å². The number of halogens is 1. The highest BCUT2D eigenvalue weighted by Crippen LogP contribution is 2.23. The third-order valence-corrected chi connectivity index (χ3v) is 5.19. The maximum atomic E-state index is 14.8. The number of carbonyl (C=O) groups is 1. The molecule has 7 heteroatoms. The third-order valence-electron chi connectivity index (χ3n) is 5.19. The number of amides is 1. The zero-order chi connectivity index (χ0) is 22.2. The molecule has 31 heavy (non-hydrogen) atoms. The molecular weight excluding hydrogens is 395 g/mol. The van der Waals surface area contributed by atoms with E-state index in [2.05, 4.69) is 15.4 Å². The molecule has 3 rings (SSSR count). The van der Waals surface area contributed by atoms with Crippen LogP contribution in [0.5, 0.6) is 0 Å². The van der Waals surface area contributed by atoms with Crippen LogP contribution in [0.1, 0.15) is 53.4 Å². The number of methoxy groups -OCH3 is 1. The third kappa shape index (κ3) is 6.21. The number of benzene rings is 1. The molecule has 0 radical (unpaired) electrons. The quantitative estimate of drug-likeness (QED) is 0.607. The molecule has 2 aromatic rings. The molecule has 1 aromatic carbocycles. The molecule has 0 spiro atoms. The Hall–Kier alpha value is -3.06. The second-order valence-corrected chi connectivity index (χ2v) is 7.72. The van der Waals surface area contributed by atoms with Crippen LogP contribution in [0, 0.1) is 12.7 Å². The van der Waals surface area contributed by atoms with Gasteiger partial charge >= 0.3 is 0 Å². The Balaban J connectivity index is 1.70. The number of hydrogen-bond acceptors (Lipinski definition) is 5. The second kappa shape index (κ2) is 10.8. The average molecular weight is 425 g/mol. The summed E-state index contributed by atoms with van der Waals surface area (Å²) in [5.41, 5.74) is 3.35. The summed E-state index contributed by atoms with van der Waals surface area (Å²) in [4.78, 5) is 16.9. The van der Waals surface area contributed by atoms with E-state index in [-0.39, 0.29) is 17.8 Å². The van der Waals surface area contributed by atoms with Gasteiger partial charge in [0.1, 0.15) is 11.5 Å². The minimum absolute atomic E-state index is 0.0192. The van der Waals surface area contributed by atoms with E-state index in [1.54, 1.807) is 36.7 Å². The number of ether oxygens (including phenoxy) is 1. The molecule has 0 fully saturated rings. The molecule has 2 heterocycles. The van der Waals surface area contributed by atoms with Crippen LogP contribution in [0.4, 0.5) is 10.1 Å². The van der Waals surface area contributed by atoms with Crippen molar-refractivity contribution in [3.05, 3.63) is 70.9 Å². The number of aromatic nitrogens is 1. The van der Waals surface area contributed by atoms with Gasteiger partial charge in [-0.15, -0.1) is 0 Å². The van der Waals surface area contributed by atoms with Gasteiger partial charge in [0.15, 0.2) is 0 Å². The molecule has 164 valence electrons. The molecule has 6 nitrogen and oxygen atoms in total. The first-order chi connectivity index (χ1) is 15.0. The largest absolute Gasteiger partial charge is 0.385 e. The smallest absolute Gasteiger partial charge is 0.270 e. The molecule has 1 N–H and O–H groups in total. The summed E-state index contributed by atoms with van der Waals surface area (Å²) in [6.45, 7) is 4.54. The first-order valence-electron chi connectivity index (χ1n) is 10.5. The Morgan fingerprint density at radius 2 is 2.16 bits per heavy atom. The lowest BCUT2D eigenvalue weighted by Gasteiger charge is -2.17. The predicted molar refractivity (Wildman–Crippen MR) is 121 cm³/mol. The van der Waals surface area contributed by atoms with Gasteiger partial charge in [0.25, 0.3) is 5.91 Å². The fourth-order valence-corrected chi connectivity index (χ4v) is 3.36. The number of allylic oxidation sites excluding steroid dienone is 1. The zero-order valence-electron chi connectivity index (χ0n) is 18.3. The molecule has 1 aliphatic rings. The van der Waals surface area contributed by atoms with Crippen molar-refractivity contribution >= 4 is 17.8 Å². The van der Waals surface area contributed by atoms with Gasteiger partial charge in [0, 0.05) is 51.2 Å². The monoisotopic (exact) mass is 424 g/mol. The molecule has 0 bridgehead atoms. The lowest BCUT2D eigenvalue weighted by Crippen LogP contribution is -2.33. The van der Waals surface area contributed by atoms with Gasteiger partial charge in [-0.2, -0.15) is 5.10 Å². The van der Waals surface area contributed by atoms with Crippen LogP contribution in [0.15, 0.2) is 47.8 Å². The van der Waals surface area contributed by atoms with E-state index in [0.717, 1.165) is 30.4 Å². The van der Waals surface area contributed by atoms with Gasteiger partial charge < -0.3 is 10.1 Å². The zero-order valence-corrected chi connectivity index (χ0v) is 18.3. The van der Waals surface area contributed by atoms with Gasteiger partial charge in [0.05, 0.1) is 5.69 Å². The summed E-state index contributed by atoms with van der Waals surface area (Å²) in [6, 6.07) is 6.86. The summed E-state index contributed by atoms with van der Waals surface area (Å²) < 4.78 is 19.8.